The molecule has 4 heterocycles. The second-order valence-electron chi connectivity index (χ2n) is 14.7. The number of imidazole rings is 2. The molecule has 6 unspecified atom stereocenters. The number of rotatable bonds is 12. The van der Waals surface area contributed by atoms with Crippen molar-refractivity contribution in [2.45, 2.75) is 83.1 Å². The highest BCUT2D eigenvalue weighted by Crippen LogP contribution is 2.34. The highest BCUT2D eigenvalue weighted by Gasteiger charge is 2.40. The van der Waals surface area contributed by atoms with E-state index in [0.717, 1.165) is 65.7 Å². The Morgan fingerprint density at radius 2 is 1.16 bits per heavy atom. The van der Waals surface area contributed by atoms with Gasteiger partial charge in [-0.25, -0.2) is 19.6 Å². The van der Waals surface area contributed by atoms with Gasteiger partial charge in [-0.05, 0) is 73.9 Å². The molecule has 0 aliphatic carbocycles. The number of hydrogen-bond acceptors (Lipinski definition) is 9. The average Bonchev–Trinajstić information content (AvgIpc) is 4.10. The topological polar surface area (TPSA) is 184 Å². The third kappa shape index (κ3) is 9.34. The number of amides is 4. The second kappa shape index (κ2) is 18.9. The normalized spacial score (nSPS) is 18.4. The number of benzene rings is 2. The van der Waals surface area contributed by atoms with Gasteiger partial charge in [0, 0.05) is 31.3 Å². The smallest absolute Gasteiger partial charge is 0.407 e. The molecule has 2 aliphatic rings. The molecule has 4 aromatic rings. The van der Waals surface area contributed by atoms with Gasteiger partial charge in [0.25, 0.3) is 0 Å². The first-order valence-corrected chi connectivity index (χ1v) is 19.7. The van der Waals surface area contributed by atoms with Crippen molar-refractivity contribution in [3.8, 4) is 34.4 Å². The summed E-state index contributed by atoms with van der Waals surface area (Å²) < 4.78 is 14.9. The first-order valence-electron chi connectivity index (χ1n) is 19.7. The Bertz CT molecular complexity index is 1970. The van der Waals surface area contributed by atoms with Gasteiger partial charge in [-0.3, -0.25) is 9.59 Å². The number of hydrogen-bond donors (Lipinski definition) is 4. The Labute approximate surface area is 338 Å². The van der Waals surface area contributed by atoms with Crippen LogP contribution in [0.5, 0.6) is 0 Å². The van der Waals surface area contributed by atoms with E-state index in [4.69, 9.17) is 14.2 Å². The summed E-state index contributed by atoms with van der Waals surface area (Å²) in [5.41, 5.74) is 5.24. The van der Waals surface area contributed by atoms with Crippen LogP contribution in [-0.4, -0.2) is 106 Å². The molecule has 4 N–H and O–H groups in total. The van der Waals surface area contributed by atoms with Gasteiger partial charge in [0.15, 0.2) is 0 Å². The Morgan fingerprint density at radius 3 is 1.57 bits per heavy atom. The lowest BCUT2D eigenvalue weighted by Gasteiger charge is -2.30. The number of aromatic nitrogens is 4. The molecule has 2 saturated heterocycles. The van der Waals surface area contributed by atoms with Crippen molar-refractivity contribution in [2.24, 2.45) is 5.92 Å². The maximum atomic E-state index is 13.7. The molecule has 2 aromatic heterocycles. The molecule has 6 rings (SSSR count). The molecule has 6 atom stereocenters. The van der Waals surface area contributed by atoms with E-state index in [0.29, 0.717) is 24.7 Å². The third-order valence-corrected chi connectivity index (χ3v) is 11.1. The summed E-state index contributed by atoms with van der Waals surface area (Å²) in [5.74, 6) is 7.44. The molecule has 15 heteroatoms. The number of carbonyl (C=O) groups is 4. The summed E-state index contributed by atoms with van der Waals surface area (Å²) >= 11 is 0. The molecule has 15 nitrogen and oxygen atoms in total. The van der Waals surface area contributed by atoms with Crippen molar-refractivity contribution >= 4 is 24.0 Å². The Hall–Kier alpha value is -6.14. The maximum Gasteiger partial charge on any atom is 0.407 e. The summed E-state index contributed by atoms with van der Waals surface area (Å²) in [5, 5.41) is 5.35. The van der Waals surface area contributed by atoms with Crippen LogP contribution in [0.1, 0.15) is 87.7 Å². The zero-order chi connectivity index (χ0) is 41.3. The van der Waals surface area contributed by atoms with Crippen LogP contribution in [0.4, 0.5) is 9.59 Å². The molecule has 0 bridgehead atoms. The maximum absolute atomic E-state index is 13.7. The fourth-order valence-corrected chi connectivity index (χ4v) is 7.47. The highest BCUT2D eigenvalue weighted by molar-refractivity contribution is 5.87. The van der Waals surface area contributed by atoms with Crippen LogP contribution in [0.15, 0.2) is 60.9 Å². The highest BCUT2D eigenvalue weighted by atomic mass is 16.5. The van der Waals surface area contributed by atoms with E-state index in [-0.39, 0.29) is 29.8 Å². The SMILES string of the molecule is CCC(C)C(NC(=O)OC)C(=O)N1CCCC1c1ncc(-c2ccc(C#Cc3ccc(-c4cnc(C5CCCN5C(=O)C(NC(=O)OC)C(C)OC)[nH]4)cc3)cc2)[nH]1. The van der Waals surface area contributed by atoms with Crippen molar-refractivity contribution < 1.29 is 33.4 Å². The first-order chi connectivity index (χ1) is 28.0. The lowest BCUT2D eigenvalue weighted by molar-refractivity contribution is -0.137. The Kier molecular flexibility index (Phi) is 13.5. The number of nitrogens with zero attached hydrogens (tertiary/aromatic N) is 4. The molecule has 0 spiro atoms. The van der Waals surface area contributed by atoms with E-state index in [1.165, 1.54) is 21.3 Å². The van der Waals surface area contributed by atoms with E-state index in [1.54, 1.807) is 24.2 Å². The number of H-pyrrole nitrogens is 2. The van der Waals surface area contributed by atoms with Crippen LogP contribution in [0.3, 0.4) is 0 Å². The van der Waals surface area contributed by atoms with Gasteiger partial charge >= 0.3 is 12.2 Å². The molecule has 2 aliphatic heterocycles. The van der Waals surface area contributed by atoms with Crippen LogP contribution in [0.25, 0.3) is 22.5 Å². The summed E-state index contributed by atoms with van der Waals surface area (Å²) in [6.45, 7) is 6.80. The number of likely N-dealkylation sites (tertiary alicyclic amines) is 2. The summed E-state index contributed by atoms with van der Waals surface area (Å²) in [6.07, 6.45) is 5.57. The first kappa shape index (κ1) is 41.5. The predicted octanol–water partition coefficient (Wildman–Crippen LogP) is 5.72. The number of alkyl carbamates (subject to hydrolysis) is 2. The van der Waals surface area contributed by atoms with Gasteiger partial charge in [0.1, 0.15) is 23.7 Å². The lowest BCUT2D eigenvalue weighted by atomic mass is 9.97. The molecule has 58 heavy (non-hydrogen) atoms. The Morgan fingerprint density at radius 1 is 0.724 bits per heavy atom. The fraction of sp³-hybridized carbons (Fsp3) is 0.442. The molecular weight excluding hydrogens is 741 g/mol. The van der Waals surface area contributed by atoms with E-state index < -0.39 is 30.4 Å². The van der Waals surface area contributed by atoms with Crippen LogP contribution < -0.4 is 10.6 Å². The zero-order valence-corrected chi connectivity index (χ0v) is 33.8. The number of methoxy groups -OCH3 is 3. The molecule has 2 fully saturated rings. The van der Waals surface area contributed by atoms with E-state index in [9.17, 15) is 19.2 Å². The predicted molar refractivity (Wildman–Crippen MR) is 216 cm³/mol. The van der Waals surface area contributed by atoms with Crippen LogP contribution in [0, 0.1) is 17.8 Å². The van der Waals surface area contributed by atoms with Crippen LogP contribution in [-0.2, 0) is 23.8 Å². The number of aromatic amines is 2. The summed E-state index contributed by atoms with van der Waals surface area (Å²) in [4.78, 5) is 70.9. The van der Waals surface area contributed by atoms with E-state index in [1.807, 2.05) is 67.3 Å². The van der Waals surface area contributed by atoms with E-state index in [2.05, 4.69) is 42.4 Å². The molecule has 2 aromatic carbocycles. The van der Waals surface area contributed by atoms with Gasteiger partial charge in [-0.15, -0.1) is 0 Å². The minimum atomic E-state index is -0.898. The van der Waals surface area contributed by atoms with Crippen molar-refractivity contribution in [1.82, 2.24) is 40.4 Å². The van der Waals surface area contributed by atoms with Gasteiger partial charge in [-0.1, -0.05) is 56.4 Å². The largest absolute Gasteiger partial charge is 0.453 e. The molecule has 0 radical (unpaired) electrons. The molecule has 0 saturated carbocycles. The molecule has 4 amide bonds. The number of ether oxygens (including phenoxy) is 3. The quantitative estimate of drug-likeness (QED) is 0.130. The van der Waals surface area contributed by atoms with Crippen LogP contribution >= 0.6 is 0 Å². The Balaban J connectivity index is 1.08. The molecule has 306 valence electrons. The van der Waals surface area contributed by atoms with E-state index >= 15 is 0 Å². The minimum Gasteiger partial charge on any atom is -0.453 e. The lowest BCUT2D eigenvalue weighted by Crippen LogP contribution is -2.54. The second-order valence-corrected chi connectivity index (χ2v) is 14.7. The van der Waals surface area contributed by atoms with Gasteiger partial charge in [0.2, 0.25) is 11.8 Å². The summed E-state index contributed by atoms with van der Waals surface area (Å²) in [7, 11) is 4.04. The standard InChI is InChI=1S/C43H52N8O7/c1-7-26(2)36(48-42(54)57-5)40(52)50-22-8-10-34(50)38-44-24-32(46-38)30-18-14-28(15-19-30)12-13-29-16-20-31(21-17-29)33-25-45-39(47-33)35-11-9-23-51(35)41(53)37(27(3)56-4)49-43(55)58-6/h14-21,24-27,34-37H,7-11,22-23H2,1-6H3,(H,44,46)(H,45,47)(H,48,54)(H,49,55). The monoisotopic (exact) mass is 792 g/mol. The van der Waals surface area contributed by atoms with Crippen molar-refractivity contribution in [2.75, 3.05) is 34.4 Å². The fourth-order valence-electron chi connectivity index (χ4n) is 7.47. The molecular formula is C43H52N8O7. The van der Waals surface area contributed by atoms with Gasteiger partial charge in [0.05, 0.1) is 56.2 Å². The third-order valence-electron chi connectivity index (χ3n) is 11.1. The van der Waals surface area contributed by atoms with Gasteiger partial charge < -0.3 is 44.6 Å². The van der Waals surface area contributed by atoms with Crippen molar-refractivity contribution in [3.05, 3.63) is 83.7 Å². The zero-order valence-electron chi connectivity index (χ0n) is 33.8. The van der Waals surface area contributed by atoms with Crippen LogP contribution in [0.2, 0.25) is 0 Å². The summed E-state index contributed by atoms with van der Waals surface area (Å²) in [6, 6.07) is 13.7. The van der Waals surface area contributed by atoms with Crippen molar-refractivity contribution in [1.29, 1.82) is 0 Å². The van der Waals surface area contributed by atoms with Gasteiger partial charge in [-0.2, -0.15) is 0 Å². The van der Waals surface area contributed by atoms with Crippen molar-refractivity contribution in [3.63, 3.8) is 0 Å². The minimum absolute atomic E-state index is 0.0584. The number of nitrogens with one attached hydrogen (secondary N) is 4. The number of carbonyl (C=O) groups excluding carboxylic acids is 4. The average molecular weight is 793 g/mol.